The smallest absolute Gasteiger partial charge is 0.309 e. The molecule has 5 rings (SSSR count). The van der Waals surface area contributed by atoms with Crippen molar-refractivity contribution in [1.29, 1.82) is 0 Å². The third-order valence-corrected chi connectivity index (χ3v) is 6.56. The Morgan fingerprint density at radius 3 is 2.96 bits per heavy atom. The molecule has 3 heterocycles. The summed E-state index contributed by atoms with van der Waals surface area (Å²) in [6, 6.07) is 0. The van der Waals surface area contributed by atoms with Gasteiger partial charge < -0.3 is 21.0 Å². The van der Waals surface area contributed by atoms with Crippen LogP contribution in [-0.4, -0.2) is 34.5 Å². The van der Waals surface area contributed by atoms with Crippen LogP contribution in [0.25, 0.3) is 0 Å². The molecule has 3 saturated heterocycles. The van der Waals surface area contributed by atoms with Crippen LogP contribution >= 0.6 is 0 Å². The Bertz CT molecular complexity index is 497. The average molecular weight is 395 g/mol. The molecule has 5 aliphatic rings. The van der Waals surface area contributed by atoms with Crippen LogP contribution in [0.2, 0.25) is 0 Å². The molecule has 0 aromatic carbocycles. The summed E-state index contributed by atoms with van der Waals surface area (Å²) in [6.07, 6.45) is 7.06. The van der Waals surface area contributed by atoms with Gasteiger partial charge in [0.05, 0.1) is 18.1 Å². The van der Waals surface area contributed by atoms with E-state index in [0.29, 0.717) is 5.92 Å². The number of fused-ring (bicyclic) bond motifs is 1. The molecule has 3 aliphatic heterocycles. The van der Waals surface area contributed by atoms with Crippen molar-refractivity contribution in [3.05, 3.63) is 12.8 Å². The van der Waals surface area contributed by atoms with Crippen LogP contribution in [0.3, 0.4) is 0 Å². The molecule has 2 saturated carbocycles. The molecule has 23 heavy (non-hydrogen) atoms. The first-order valence-electron chi connectivity index (χ1n) is 8.66. The Morgan fingerprint density at radius 2 is 2.26 bits per heavy atom. The van der Waals surface area contributed by atoms with Gasteiger partial charge in [-0.15, -0.1) is 0 Å². The molecule has 5 fully saturated rings. The van der Waals surface area contributed by atoms with E-state index >= 15 is 0 Å². The van der Waals surface area contributed by atoms with E-state index in [1.165, 1.54) is 0 Å². The van der Waals surface area contributed by atoms with Crippen molar-refractivity contribution >= 4 is 5.97 Å². The minimum absolute atomic E-state index is 0. The summed E-state index contributed by atoms with van der Waals surface area (Å²) < 4.78 is 12.4. The van der Waals surface area contributed by atoms with Gasteiger partial charge in [-0.1, -0.05) is 19.8 Å². The van der Waals surface area contributed by atoms with Gasteiger partial charge in [0.25, 0.3) is 0 Å². The summed E-state index contributed by atoms with van der Waals surface area (Å²) in [5, 5.41) is 10.6. The number of rotatable bonds is 4. The maximum atomic E-state index is 12.6. The monoisotopic (exact) mass is 395 g/mol. The van der Waals surface area contributed by atoms with Crippen LogP contribution in [0.15, 0.2) is 0 Å². The van der Waals surface area contributed by atoms with Gasteiger partial charge in [0.1, 0.15) is 5.60 Å². The van der Waals surface area contributed by atoms with Crippen molar-refractivity contribution in [1.82, 2.24) is 0 Å². The van der Waals surface area contributed by atoms with Crippen molar-refractivity contribution in [3.63, 3.8) is 0 Å². The molecule has 1 N–H and O–H groups in total. The average Bonchev–Trinajstić information content (AvgIpc) is 2.81. The third kappa shape index (κ3) is 2.20. The zero-order valence-corrected chi connectivity index (χ0v) is 17.0. The maximum absolute atomic E-state index is 12.6. The zero-order chi connectivity index (χ0) is 15.7. The Balaban J connectivity index is 0.00000156. The summed E-state index contributed by atoms with van der Waals surface area (Å²) in [6.45, 7) is 6.33. The number of carbonyl (C=O) groups excluding carboxylic acids is 1. The van der Waals surface area contributed by atoms with Crippen molar-refractivity contribution < 1.29 is 52.1 Å². The number of hydrogen-bond donors (Lipinski definition) is 1. The minimum Gasteiger partial charge on any atom is -0.458 e. The van der Waals surface area contributed by atoms with E-state index in [0.717, 1.165) is 25.7 Å². The first-order chi connectivity index (χ1) is 10.4. The molecule has 2 aliphatic carbocycles. The van der Waals surface area contributed by atoms with Crippen LogP contribution in [0.1, 0.15) is 46.5 Å². The first-order valence-corrected chi connectivity index (χ1v) is 8.66. The quantitative estimate of drug-likeness (QED) is 0.586. The van der Waals surface area contributed by atoms with Crippen LogP contribution in [0.4, 0.5) is 0 Å². The third-order valence-electron chi connectivity index (χ3n) is 6.56. The summed E-state index contributed by atoms with van der Waals surface area (Å²) in [4.78, 5) is 12.6. The van der Waals surface area contributed by atoms with E-state index in [4.69, 9.17) is 9.47 Å². The molecular formula is C18H26O4Y-2. The fraction of sp³-hybridized carbons (Fsp3) is 0.833. The predicted octanol–water partition coefficient (Wildman–Crippen LogP) is 2.30. The van der Waals surface area contributed by atoms with Gasteiger partial charge in [-0.05, 0) is 18.8 Å². The topological polar surface area (TPSA) is 55.8 Å². The van der Waals surface area contributed by atoms with E-state index in [2.05, 4.69) is 33.6 Å². The molecule has 0 aromatic rings. The van der Waals surface area contributed by atoms with Crippen LogP contribution in [-0.2, 0) is 47.0 Å². The standard InChI is InChI=1S/C18H26O4.Y/c1-4-5-10(2)8-13-16(20)22-18-9-11(3)15-14(19)12(18)6-7-17(13,18)21-15;/h4,7,10-15,19H,5-6,8-9H2,1-3H3;/q-2;. The Hall–Kier alpha value is 0.494. The Morgan fingerprint density at radius 1 is 1.52 bits per heavy atom. The first kappa shape index (κ1) is 18.3. The molecule has 4 nitrogen and oxygen atoms in total. The van der Waals surface area contributed by atoms with E-state index in [1.54, 1.807) is 0 Å². The van der Waals surface area contributed by atoms with E-state index in [-0.39, 0.29) is 62.5 Å². The van der Waals surface area contributed by atoms with Crippen LogP contribution < -0.4 is 0 Å². The summed E-state index contributed by atoms with van der Waals surface area (Å²) >= 11 is 0. The van der Waals surface area contributed by atoms with Gasteiger partial charge in [0.15, 0.2) is 0 Å². The number of ether oxygens (including phenoxy) is 2. The molecule has 8 atom stereocenters. The van der Waals surface area contributed by atoms with Gasteiger partial charge in [0.2, 0.25) is 0 Å². The molecule has 0 amide bonds. The van der Waals surface area contributed by atoms with E-state index in [1.807, 2.05) is 0 Å². The van der Waals surface area contributed by atoms with Gasteiger partial charge in [0, 0.05) is 44.2 Å². The van der Waals surface area contributed by atoms with E-state index < -0.39 is 17.3 Å². The molecular weight excluding hydrogens is 369 g/mol. The van der Waals surface area contributed by atoms with Crippen molar-refractivity contribution in [3.8, 4) is 0 Å². The number of aliphatic hydroxyl groups excluding tert-OH is 1. The predicted molar refractivity (Wildman–Crippen MR) is 80.5 cm³/mol. The van der Waals surface area contributed by atoms with Crippen molar-refractivity contribution in [2.24, 2.45) is 23.7 Å². The fourth-order valence-corrected chi connectivity index (χ4v) is 5.71. The Labute approximate surface area is 163 Å². The summed E-state index contributed by atoms with van der Waals surface area (Å²) in [5.41, 5.74) is -1.20. The van der Waals surface area contributed by atoms with Gasteiger partial charge in [-0.3, -0.25) is 11.2 Å². The Kier molecular flexibility index (Phi) is 4.80. The van der Waals surface area contributed by atoms with Crippen molar-refractivity contribution in [2.45, 2.75) is 69.9 Å². The van der Waals surface area contributed by atoms with Crippen LogP contribution in [0.5, 0.6) is 0 Å². The van der Waals surface area contributed by atoms with Crippen molar-refractivity contribution in [2.75, 3.05) is 0 Å². The summed E-state index contributed by atoms with van der Waals surface area (Å²) in [7, 11) is 0. The SMILES string of the molecule is C[CH-]CC(C)CC1C(=O)OC23CC(C)C4OC12[CH-]CC3C4O.[Y]. The normalized spacial score (nSPS) is 51.1. The number of carbonyl (C=O) groups is 1. The maximum Gasteiger partial charge on any atom is 0.309 e. The van der Waals surface area contributed by atoms with Crippen LogP contribution in [0, 0.1) is 36.5 Å². The minimum atomic E-state index is -0.613. The molecule has 0 aromatic heterocycles. The molecule has 1 spiro atoms. The zero-order valence-electron chi connectivity index (χ0n) is 14.2. The molecule has 4 bridgehead atoms. The molecule has 1 radical (unpaired) electrons. The molecule has 5 heteroatoms. The number of esters is 1. The fourth-order valence-electron chi connectivity index (χ4n) is 5.71. The molecule has 8 unspecified atom stereocenters. The van der Waals surface area contributed by atoms with E-state index in [9.17, 15) is 9.90 Å². The number of hydrogen-bond acceptors (Lipinski definition) is 4. The van der Waals surface area contributed by atoms with Gasteiger partial charge in [-0.25, -0.2) is 0 Å². The summed E-state index contributed by atoms with van der Waals surface area (Å²) in [5.74, 6) is 0.356. The van der Waals surface area contributed by atoms with Gasteiger partial charge >= 0.3 is 5.97 Å². The van der Waals surface area contributed by atoms with Gasteiger partial charge in [-0.2, -0.15) is 19.8 Å². The largest absolute Gasteiger partial charge is 0.458 e. The number of aliphatic hydroxyl groups is 1. The second kappa shape index (κ2) is 6.04. The second-order valence-corrected chi connectivity index (χ2v) is 7.94. The second-order valence-electron chi connectivity index (χ2n) is 7.94. The molecule has 127 valence electrons.